The normalized spacial score (nSPS) is 10.1. The third-order valence-electron chi connectivity index (χ3n) is 2.14. The van der Waals surface area contributed by atoms with Crippen molar-refractivity contribution in [2.24, 2.45) is 0 Å². The standard InChI is InChI=1S/C12H11FN2O/c1-8-7-9(13)4-5-11(8)16-12-10(14)3-2-6-15-12/h2-7H,14H2,1H3. The first-order valence-electron chi connectivity index (χ1n) is 4.81. The fraction of sp³-hybridized carbons (Fsp3) is 0.0833. The van der Waals surface area contributed by atoms with Crippen LogP contribution in [0.25, 0.3) is 0 Å². The summed E-state index contributed by atoms with van der Waals surface area (Å²) in [4.78, 5) is 4.00. The van der Waals surface area contributed by atoms with E-state index in [0.717, 1.165) is 0 Å². The predicted molar refractivity (Wildman–Crippen MR) is 59.9 cm³/mol. The van der Waals surface area contributed by atoms with Gasteiger partial charge in [-0.2, -0.15) is 0 Å². The van der Waals surface area contributed by atoms with Gasteiger partial charge in [-0.3, -0.25) is 0 Å². The van der Waals surface area contributed by atoms with Gasteiger partial charge in [-0.25, -0.2) is 9.37 Å². The number of aryl methyl sites for hydroxylation is 1. The van der Waals surface area contributed by atoms with E-state index < -0.39 is 0 Å². The molecule has 1 aromatic heterocycles. The molecule has 0 aliphatic carbocycles. The van der Waals surface area contributed by atoms with Crippen molar-refractivity contribution < 1.29 is 9.13 Å². The molecule has 0 fully saturated rings. The molecule has 0 spiro atoms. The second kappa shape index (κ2) is 4.18. The summed E-state index contributed by atoms with van der Waals surface area (Å²) in [5, 5.41) is 0. The zero-order valence-corrected chi connectivity index (χ0v) is 8.77. The van der Waals surface area contributed by atoms with Crippen molar-refractivity contribution in [1.29, 1.82) is 0 Å². The molecule has 0 atom stereocenters. The van der Waals surface area contributed by atoms with Crippen LogP contribution in [0.2, 0.25) is 0 Å². The topological polar surface area (TPSA) is 48.1 Å². The molecule has 0 unspecified atom stereocenters. The van der Waals surface area contributed by atoms with E-state index in [1.165, 1.54) is 12.1 Å². The van der Waals surface area contributed by atoms with Gasteiger partial charge in [0.15, 0.2) is 0 Å². The minimum Gasteiger partial charge on any atom is -0.437 e. The van der Waals surface area contributed by atoms with Crippen molar-refractivity contribution in [1.82, 2.24) is 4.98 Å². The maximum Gasteiger partial charge on any atom is 0.242 e. The lowest BCUT2D eigenvalue weighted by Gasteiger charge is -2.09. The second-order valence-electron chi connectivity index (χ2n) is 3.41. The average Bonchev–Trinajstić information content (AvgIpc) is 2.25. The first-order chi connectivity index (χ1) is 7.66. The number of aromatic nitrogens is 1. The smallest absolute Gasteiger partial charge is 0.242 e. The molecule has 1 heterocycles. The molecule has 0 saturated heterocycles. The van der Waals surface area contributed by atoms with Crippen molar-refractivity contribution in [2.75, 3.05) is 5.73 Å². The van der Waals surface area contributed by atoms with Crippen LogP contribution in [0.3, 0.4) is 0 Å². The fourth-order valence-corrected chi connectivity index (χ4v) is 1.32. The molecule has 0 radical (unpaired) electrons. The second-order valence-corrected chi connectivity index (χ2v) is 3.41. The molecule has 0 aliphatic rings. The van der Waals surface area contributed by atoms with E-state index in [0.29, 0.717) is 22.9 Å². The Bertz CT molecular complexity index is 514. The number of nitrogens with zero attached hydrogens (tertiary/aromatic N) is 1. The van der Waals surface area contributed by atoms with Crippen LogP contribution in [0, 0.1) is 12.7 Å². The Balaban J connectivity index is 2.31. The number of hydrogen-bond acceptors (Lipinski definition) is 3. The Morgan fingerprint density at radius 3 is 2.81 bits per heavy atom. The number of halogens is 1. The highest BCUT2D eigenvalue weighted by Crippen LogP contribution is 2.27. The van der Waals surface area contributed by atoms with Crippen LogP contribution in [-0.2, 0) is 0 Å². The molecular weight excluding hydrogens is 207 g/mol. The average molecular weight is 218 g/mol. The minimum atomic E-state index is -0.293. The molecule has 4 heteroatoms. The maximum absolute atomic E-state index is 12.9. The van der Waals surface area contributed by atoms with Crippen LogP contribution >= 0.6 is 0 Å². The van der Waals surface area contributed by atoms with Crippen LogP contribution in [0.5, 0.6) is 11.6 Å². The third kappa shape index (κ3) is 2.11. The number of nitrogens with two attached hydrogens (primary N) is 1. The lowest BCUT2D eigenvalue weighted by molar-refractivity contribution is 0.460. The molecular formula is C12H11FN2O. The molecule has 2 N–H and O–H groups in total. The van der Waals surface area contributed by atoms with E-state index in [1.807, 2.05) is 0 Å². The van der Waals surface area contributed by atoms with Gasteiger partial charge < -0.3 is 10.5 Å². The molecule has 16 heavy (non-hydrogen) atoms. The zero-order chi connectivity index (χ0) is 11.5. The quantitative estimate of drug-likeness (QED) is 0.843. The monoisotopic (exact) mass is 218 g/mol. The molecule has 2 aromatic rings. The molecule has 0 aliphatic heterocycles. The summed E-state index contributed by atoms with van der Waals surface area (Å²) < 4.78 is 18.4. The Hall–Kier alpha value is -2.10. The van der Waals surface area contributed by atoms with E-state index in [-0.39, 0.29) is 5.82 Å². The molecule has 0 bridgehead atoms. The zero-order valence-electron chi connectivity index (χ0n) is 8.77. The number of benzene rings is 1. The highest BCUT2D eigenvalue weighted by Gasteiger charge is 2.05. The summed E-state index contributed by atoms with van der Waals surface area (Å²) in [5.41, 5.74) is 6.84. The van der Waals surface area contributed by atoms with Crippen LogP contribution in [0.1, 0.15) is 5.56 Å². The molecule has 3 nitrogen and oxygen atoms in total. The van der Waals surface area contributed by atoms with Crippen molar-refractivity contribution in [3.63, 3.8) is 0 Å². The lowest BCUT2D eigenvalue weighted by Crippen LogP contribution is -1.95. The van der Waals surface area contributed by atoms with Gasteiger partial charge in [-0.15, -0.1) is 0 Å². The SMILES string of the molecule is Cc1cc(F)ccc1Oc1ncccc1N. The Kier molecular flexibility index (Phi) is 2.72. The third-order valence-corrected chi connectivity index (χ3v) is 2.14. The number of nitrogen functional groups attached to an aromatic ring is 1. The first-order valence-corrected chi connectivity index (χ1v) is 4.81. The summed E-state index contributed by atoms with van der Waals surface area (Å²) in [5.74, 6) is 0.586. The molecule has 0 saturated carbocycles. The van der Waals surface area contributed by atoms with Gasteiger partial charge in [0.25, 0.3) is 0 Å². The largest absolute Gasteiger partial charge is 0.437 e. The van der Waals surface area contributed by atoms with Crippen molar-refractivity contribution >= 4 is 5.69 Å². The van der Waals surface area contributed by atoms with Gasteiger partial charge in [0.2, 0.25) is 5.88 Å². The lowest BCUT2D eigenvalue weighted by atomic mass is 10.2. The minimum absolute atomic E-state index is 0.293. The predicted octanol–water partition coefficient (Wildman–Crippen LogP) is 2.90. The summed E-state index contributed by atoms with van der Waals surface area (Å²) in [7, 11) is 0. The van der Waals surface area contributed by atoms with Gasteiger partial charge in [0.05, 0.1) is 5.69 Å². The summed E-state index contributed by atoms with van der Waals surface area (Å²) in [6.07, 6.45) is 1.59. The van der Waals surface area contributed by atoms with E-state index in [2.05, 4.69) is 4.98 Å². The number of rotatable bonds is 2. The Morgan fingerprint density at radius 1 is 1.31 bits per heavy atom. The highest BCUT2D eigenvalue weighted by atomic mass is 19.1. The van der Waals surface area contributed by atoms with E-state index in [9.17, 15) is 4.39 Å². The fourth-order valence-electron chi connectivity index (χ4n) is 1.32. The number of anilines is 1. The van der Waals surface area contributed by atoms with Crippen LogP contribution < -0.4 is 10.5 Å². The number of hydrogen-bond donors (Lipinski definition) is 1. The van der Waals surface area contributed by atoms with Crippen molar-refractivity contribution in [2.45, 2.75) is 6.92 Å². The van der Waals surface area contributed by atoms with Crippen LogP contribution in [0.15, 0.2) is 36.5 Å². The molecule has 1 aromatic carbocycles. The molecule has 2 rings (SSSR count). The summed E-state index contributed by atoms with van der Waals surface area (Å²) >= 11 is 0. The van der Waals surface area contributed by atoms with Crippen molar-refractivity contribution in [3.8, 4) is 11.6 Å². The maximum atomic E-state index is 12.9. The molecule has 82 valence electrons. The van der Waals surface area contributed by atoms with Crippen LogP contribution in [-0.4, -0.2) is 4.98 Å². The number of pyridine rings is 1. The summed E-state index contributed by atoms with van der Waals surface area (Å²) in [6, 6.07) is 7.70. The highest BCUT2D eigenvalue weighted by molar-refractivity contribution is 5.49. The number of ether oxygens (including phenoxy) is 1. The first kappa shape index (κ1) is 10.4. The molecule has 0 amide bonds. The Morgan fingerprint density at radius 2 is 2.12 bits per heavy atom. The van der Waals surface area contributed by atoms with Crippen LogP contribution in [0.4, 0.5) is 10.1 Å². The van der Waals surface area contributed by atoms with Gasteiger partial charge in [-0.05, 0) is 42.8 Å². The van der Waals surface area contributed by atoms with Gasteiger partial charge in [0, 0.05) is 6.20 Å². The van der Waals surface area contributed by atoms with E-state index >= 15 is 0 Å². The van der Waals surface area contributed by atoms with Gasteiger partial charge in [0.1, 0.15) is 11.6 Å². The Labute approximate surface area is 92.7 Å². The summed E-state index contributed by atoms with van der Waals surface area (Å²) in [6.45, 7) is 1.76. The van der Waals surface area contributed by atoms with Gasteiger partial charge >= 0.3 is 0 Å². The van der Waals surface area contributed by atoms with Gasteiger partial charge in [-0.1, -0.05) is 0 Å². The van der Waals surface area contributed by atoms with E-state index in [4.69, 9.17) is 10.5 Å². The van der Waals surface area contributed by atoms with E-state index in [1.54, 1.807) is 31.3 Å². The van der Waals surface area contributed by atoms with Crippen molar-refractivity contribution in [3.05, 3.63) is 47.9 Å².